The van der Waals surface area contributed by atoms with Crippen molar-refractivity contribution in [3.8, 4) is 0 Å². The first-order valence-electron chi connectivity index (χ1n) is 8.34. The van der Waals surface area contributed by atoms with E-state index in [-0.39, 0.29) is 30.3 Å². The first kappa shape index (κ1) is 17.1. The Hall–Kier alpha value is -2.70. The van der Waals surface area contributed by atoms with Crippen LogP contribution in [0.5, 0.6) is 0 Å². The lowest BCUT2D eigenvalue weighted by molar-refractivity contribution is -0.128. The number of rotatable bonds is 4. The highest BCUT2D eigenvalue weighted by Gasteiger charge is 2.43. The van der Waals surface area contributed by atoms with Gasteiger partial charge in [0.2, 0.25) is 11.8 Å². The third kappa shape index (κ3) is 3.26. The quantitative estimate of drug-likeness (QED) is 0.914. The molecule has 1 fully saturated rings. The van der Waals surface area contributed by atoms with Crippen LogP contribution in [0.15, 0.2) is 30.7 Å². The van der Waals surface area contributed by atoms with Gasteiger partial charge in [-0.25, -0.2) is 0 Å². The average Bonchev–Trinajstić information content (AvgIpc) is 3.07. The van der Waals surface area contributed by atoms with Crippen molar-refractivity contribution in [2.45, 2.75) is 32.4 Å². The molecule has 3 rings (SSSR count). The molecule has 0 unspecified atom stereocenters. The number of hydrogen-bond donors (Lipinski definition) is 1. The summed E-state index contributed by atoms with van der Waals surface area (Å²) in [6, 6.07) is 3.27. The predicted molar refractivity (Wildman–Crippen MR) is 92.4 cm³/mol. The van der Waals surface area contributed by atoms with E-state index in [0.717, 1.165) is 16.8 Å². The maximum absolute atomic E-state index is 12.9. The lowest BCUT2D eigenvalue weighted by atomic mass is 9.93. The van der Waals surface area contributed by atoms with E-state index in [4.69, 9.17) is 0 Å². The Morgan fingerprint density at radius 1 is 1.40 bits per heavy atom. The van der Waals surface area contributed by atoms with Crippen LogP contribution >= 0.6 is 0 Å². The van der Waals surface area contributed by atoms with Gasteiger partial charge in [-0.1, -0.05) is 6.07 Å². The molecule has 25 heavy (non-hydrogen) atoms. The SMILES string of the molecule is Cc1nn(C)cc1[C@H](C)NC(=O)[C@@H]1CC(=O)N(C)[C@@H]1c1cccnc1. The lowest BCUT2D eigenvalue weighted by Gasteiger charge is -2.25. The second kappa shape index (κ2) is 6.66. The number of carbonyl (C=O) groups excluding carboxylic acids is 2. The van der Waals surface area contributed by atoms with E-state index in [1.54, 1.807) is 29.0 Å². The summed E-state index contributed by atoms with van der Waals surface area (Å²) in [4.78, 5) is 30.8. The van der Waals surface area contributed by atoms with Crippen molar-refractivity contribution in [3.63, 3.8) is 0 Å². The number of carbonyl (C=O) groups is 2. The lowest BCUT2D eigenvalue weighted by Crippen LogP contribution is -2.36. The van der Waals surface area contributed by atoms with E-state index in [1.807, 2.05) is 39.2 Å². The van der Waals surface area contributed by atoms with Crippen LogP contribution in [0.2, 0.25) is 0 Å². The minimum Gasteiger partial charge on any atom is -0.349 e. The zero-order chi connectivity index (χ0) is 18.1. The van der Waals surface area contributed by atoms with Crippen LogP contribution in [0.25, 0.3) is 0 Å². The molecule has 2 aromatic heterocycles. The van der Waals surface area contributed by atoms with E-state index in [1.165, 1.54) is 0 Å². The van der Waals surface area contributed by atoms with Crippen LogP contribution in [0.1, 0.15) is 42.2 Å². The maximum Gasteiger partial charge on any atom is 0.226 e. The average molecular weight is 341 g/mol. The van der Waals surface area contributed by atoms with Gasteiger partial charge in [-0.05, 0) is 25.5 Å². The van der Waals surface area contributed by atoms with Crippen LogP contribution in [-0.4, -0.2) is 38.5 Å². The van der Waals surface area contributed by atoms with Crippen LogP contribution in [-0.2, 0) is 16.6 Å². The van der Waals surface area contributed by atoms with Crippen molar-refractivity contribution in [3.05, 3.63) is 47.5 Å². The Kier molecular flexibility index (Phi) is 4.57. The Bertz CT molecular complexity index is 786. The van der Waals surface area contributed by atoms with Crippen LogP contribution < -0.4 is 5.32 Å². The van der Waals surface area contributed by atoms with E-state index in [9.17, 15) is 9.59 Å². The van der Waals surface area contributed by atoms with Crippen LogP contribution in [0.3, 0.4) is 0 Å². The second-order valence-electron chi connectivity index (χ2n) is 6.62. The molecule has 0 saturated carbocycles. The molecule has 1 aliphatic rings. The molecule has 0 aliphatic carbocycles. The molecule has 0 spiro atoms. The summed E-state index contributed by atoms with van der Waals surface area (Å²) in [7, 11) is 3.59. The van der Waals surface area contributed by atoms with Crippen molar-refractivity contribution in [1.29, 1.82) is 0 Å². The zero-order valence-corrected chi connectivity index (χ0v) is 14.9. The first-order chi connectivity index (χ1) is 11.9. The number of aromatic nitrogens is 3. The van der Waals surface area contributed by atoms with Gasteiger partial charge in [-0.3, -0.25) is 19.3 Å². The molecular formula is C18H23N5O2. The normalized spacial score (nSPS) is 21.4. The topological polar surface area (TPSA) is 80.1 Å². The maximum atomic E-state index is 12.9. The Balaban J connectivity index is 1.80. The highest BCUT2D eigenvalue weighted by atomic mass is 16.2. The van der Waals surface area contributed by atoms with E-state index < -0.39 is 5.92 Å². The first-order valence-corrected chi connectivity index (χ1v) is 8.34. The van der Waals surface area contributed by atoms with Gasteiger partial charge in [0.05, 0.1) is 23.7 Å². The summed E-state index contributed by atoms with van der Waals surface area (Å²) < 4.78 is 1.73. The molecule has 1 aliphatic heterocycles. The molecular weight excluding hydrogens is 318 g/mol. The molecule has 2 amide bonds. The third-order valence-electron chi connectivity index (χ3n) is 4.83. The van der Waals surface area contributed by atoms with Gasteiger partial charge in [0.25, 0.3) is 0 Å². The van der Waals surface area contributed by atoms with Gasteiger partial charge < -0.3 is 10.2 Å². The number of aryl methyl sites for hydroxylation is 2. The standard InChI is InChI=1S/C18H23N5O2/c1-11(15-10-22(3)21-12(15)2)20-18(25)14-8-16(24)23(4)17(14)13-6-5-7-19-9-13/h5-7,9-11,14,17H,8H2,1-4H3,(H,20,25)/t11-,14+,17+/m0/s1. The van der Waals surface area contributed by atoms with E-state index >= 15 is 0 Å². The van der Waals surface area contributed by atoms with Gasteiger partial charge >= 0.3 is 0 Å². The molecule has 3 atom stereocenters. The van der Waals surface area contributed by atoms with Gasteiger partial charge in [0, 0.05) is 44.7 Å². The number of amides is 2. The highest BCUT2D eigenvalue weighted by molar-refractivity contribution is 5.90. The van der Waals surface area contributed by atoms with Gasteiger partial charge in [0.15, 0.2) is 0 Å². The Morgan fingerprint density at radius 2 is 2.16 bits per heavy atom. The van der Waals surface area contributed by atoms with E-state index in [2.05, 4.69) is 15.4 Å². The minimum atomic E-state index is -0.430. The number of pyridine rings is 1. The fraction of sp³-hybridized carbons (Fsp3) is 0.444. The molecule has 3 heterocycles. The summed E-state index contributed by atoms with van der Waals surface area (Å²) in [6.07, 6.45) is 5.52. The van der Waals surface area contributed by atoms with Crippen molar-refractivity contribution in [2.75, 3.05) is 7.05 Å². The van der Waals surface area contributed by atoms with Crippen molar-refractivity contribution >= 4 is 11.8 Å². The summed E-state index contributed by atoms with van der Waals surface area (Å²) >= 11 is 0. The monoisotopic (exact) mass is 341 g/mol. The van der Waals surface area contributed by atoms with Crippen molar-refractivity contribution < 1.29 is 9.59 Å². The molecule has 0 bridgehead atoms. The molecule has 2 aromatic rings. The van der Waals surface area contributed by atoms with Gasteiger partial charge in [-0.2, -0.15) is 5.10 Å². The fourth-order valence-corrected chi connectivity index (χ4v) is 3.55. The molecule has 0 aromatic carbocycles. The zero-order valence-electron chi connectivity index (χ0n) is 14.9. The van der Waals surface area contributed by atoms with Crippen molar-refractivity contribution in [2.24, 2.45) is 13.0 Å². The molecule has 1 N–H and O–H groups in total. The summed E-state index contributed by atoms with van der Waals surface area (Å²) in [5.74, 6) is -0.581. The summed E-state index contributed by atoms with van der Waals surface area (Å²) in [5.41, 5.74) is 2.74. The van der Waals surface area contributed by atoms with Crippen LogP contribution in [0, 0.1) is 12.8 Å². The second-order valence-corrected chi connectivity index (χ2v) is 6.62. The highest BCUT2D eigenvalue weighted by Crippen LogP contribution is 2.37. The number of nitrogens with zero attached hydrogens (tertiary/aromatic N) is 4. The Labute approximate surface area is 147 Å². The predicted octanol–water partition coefficient (Wildman–Crippen LogP) is 1.52. The smallest absolute Gasteiger partial charge is 0.226 e. The molecule has 132 valence electrons. The summed E-state index contributed by atoms with van der Waals surface area (Å²) in [6.45, 7) is 3.85. The number of likely N-dealkylation sites (tertiary alicyclic amines) is 1. The Morgan fingerprint density at radius 3 is 2.76 bits per heavy atom. The molecule has 1 saturated heterocycles. The van der Waals surface area contributed by atoms with Crippen LogP contribution in [0.4, 0.5) is 0 Å². The van der Waals surface area contributed by atoms with Crippen molar-refractivity contribution in [1.82, 2.24) is 25.0 Å². The number of nitrogens with one attached hydrogen (secondary N) is 1. The summed E-state index contributed by atoms with van der Waals surface area (Å²) in [5, 5.41) is 7.36. The fourth-order valence-electron chi connectivity index (χ4n) is 3.55. The molecule has 0 radical (unpaired) electrons. The van der Waals surface area contributed by atoms with E-state index in [0.29, 0.717) is 0 Å². The molecule has 7 heteroatoms. The third-order valence-corrected chi connectivity index (χ3v) is 4.83. The van der Waals surface area contributed by atoms with Gasteiger partial charge in [0.1, 0.15) is 0 Å². The minimum absolute atomic E-state index is 0.0285. The van der Waals surface area contributed by atoms with Gasteiger partial charge in [-0.15, -0.1) is 0 Å². The number of hydrogen-bond acceptors (Lipinski definition) is 4. The molecule has 7 nitrogen and oxygen atoms in total. The largest absolute Gasteiger partial charge is 0.349 e.